The lowest BCUT2D eigenvalue weighted by atomic mass is 10.2. The van der Waals surface area contributed by atoms with E-state index in [1.54, 1.807) is 36.5 Å². The summed E-state index contributed by atoms with van der Waals surface area (Å²) >= 11 is 11.0. The summed E-state index contributed by atoms with van der Waals surface area (Å²) in [4.78, 5) is 0. The second kappa shape index (κ2) is 9.94. The minimum absolute atomic E-state index is 0.00614. The number of nitrogens with zero attached hydrogens (tertiary/aromatic N) is 1. The van der Waals surface area contributed by atoms with Gasteiger partial charge in [-0.1, -0.05) is 17.7 Å². The van der Waals surface area contributed by atoms with Crippen LogP contribution in [0.1, 0.15) is 18.1 Å². The predicted molar refractivity (Wildman–Crippen MR) is 106 cm³/mol. The molecule has 26 heavy (non-hydrogen) atoms. The Bertz CT molecular complexity index is 782. The maximum atomic E-state index is 13.8. The van der Waals surface area contributed by atoms with Crippen LogP contribution in [-0.4, -0.2) is 25.0 Å². The van der Waals surface area contributed by atoms with Crippen LogP contribution in [0, 0.1) is 5.82 Å². The van der Waals surface area contributed by atoms with Crippen molar-refractivity contribution in [1.82, 2.24) is 10.7 Å². The van der Waals surface area contributed by atoms with E-state index in [1.165, 1.54) is 13.2 Å². The van der Waals surface area contributed by atoms with Gasteiger partial charge >= 0.3 is 0 Å². The SMILES string of the molecule is CCNC(=S)N/N=C/c1ccc(OCc2c(F)cccc2Cl)c(OC)c1. The van der Waals surface area contributed by atoms with Crippen molar-refractivity contribution in [2.24, 2.45) is 5.10 Å². The van der Waals surface area contributed by atoms with E-state index in [-0.39, 0.29) is 6.61 Å². The minimum Gasteiger partial charge on any atom is -0.493 e. The van der Waals surface area contributed by atoms with Crippen molar-refractivity contribution >= 4 is 35.1 Å². The molecule has 0 fully saturated rings. The predicted octanol–water partition coefficient (Wildman–Crippen LogP) is 3.88. The Labute approximate surface area is 162 Å². The van der Waals surface area contributed by atoms with Gasteiger partial charge in [-0.25, -0.2) is 4.39 Å². The fourth-order valence-electron chi connectivity index (χ4n) is 2.07. The van der Waals surface area contributed by atoms with E-state index in [0.29, 0.717) is 33.7 Å². The lowest BCUT2D eigenvalue weighted by Gasteiger charge is -2.12. The first-order chi connectivity index (χ1) is 12.5. The first-order valence-corrected chi connectivity index (χ1v) is 8.64. The lowest BCUT2D eigenvalue weighted by Crippen LogP contribution is -2.31. The van der Waals surface area contributed by atoms with Gasteiger partial charge < -0.3 is 14.8 Å². The highest BCUT2D eigenvalue weighted by Crippen LogP contribution is 2.29. The summed E-state index contributed by atoms with van der Waals surface area (Å²) < 4.78 is 24.8. The highest BCUT2D eigenvalue weighted by Gasteiger charge is 2.10. The fourth-order valence-corrected chi connectivity index (χ4v) is 2.48. The third kappa shape index (κ3) is 5.57. The topological polar surface area (TPSA) is 54.9 Å². The molecule has 0 heterocycles. The van der Waals surface area contributed by atoms with Gasteiger partial charge in [0.05, 0.1) is 18.3 Å². The summed E-state index contributed by atoms with van der Waals surface area (Å²) in [5, 5.41) is 7.72. The van der Waals surface area contributed by atoms with Crippen molar-refractivity contribution in [3.05, 3.63) is 58.4 Å². The number of methoxy groups -OCH3 is 1. The maximum absolute atomic E-state index is 13.8. The second-order valence-electron chi connectivity index (χ2n) is 5.13. The Morgan fingerprint density at radius 1 is 1.31 bits per heavy atom. The molecule has 8 heteroatoms. The van der Waals surface area contributed by atoms with Gasteiger partial charge in [0.2, 0.25) is 0 Å². The third-order valence-corrected chi connectivity index (χ3v) is 3.93. The zero-order valence-corrected chi connectivity index (χ0v) is 16.0. The average Bonchev–Trinajstić information content (AvgIpc) is 2.62. The molecule has 2 rings (SSSR count). The van der Waals surface area contributed by atoms with Gasteiger partial charge in [0.15, 0.2) is 16.6 Å². The Morgan fingerprint density at radius 2 is 2.12 bits per heavy atom. The second-order valence-corrected chi connectivity index (χ2v) is 5.94. The zero-order chi connectivity index (χ0) is 18.9. The lowest BCUT2D eigenvalue weighted by molar-refractivity contribution is 0.280. The molecule has 0 amide bonds. The van der Waals surface area contributed by atoms with Crippen molar-refractivity contribution in [1.29, 1.82) is 0 Å². The highest BCUT2D eigenvalue weighted by molar-refractivity contribution is 7.80. The number of hydrogen-bond acceptors (Lipinski definition) is 4. The number of hydrazone groups is 1. The largest absolute Gasteiger partial charge is 0.493 e. The number of thiocarbonyl (C=S) groups is 1. The van der Waals surface area contributed by atoms with E-state index in [1.807, 2.05) is 6.92 Å². The van der Waals surface area contributed by atoms with Gasteiger partial charge in [-0.15, -0.1) is 0 Å². The van der Waals surface area contributed by atoms with Crippen LogP contribution in [0.5, 0.6) is 11.5 Å². The Morgan fingerprint density at radius 3 is 2.81 bits per heavy atom. The number of halogens is 2. The molecule has 2 aromatic rings. The van der Waals surface area contributed by atoms with E-state index in [9.17, 15) is 4.39 Å². The summed E-state index contributed by atoms with van der Waals surface area (Å²) in [5.41, 5.74) is 3.78. The van der Waals surface area contributed by atoms with Gasteiger partial charge in [-0.3, -0.25) is 5.43 Å². The van der Waals surface area contributed by atoms with Crippen LogP contribution >= 0.6 is 23.8 Å². The molecule has 0 unspecified atom stereocenters. The molecular weight excluding hydrogens is 377 g/mol. The van der Waals surface area contributed by atoms with Gasteiger partial charge in [-0.2, -0.15) is 5.10 Å². The summed E-state index contributed by atoms with van der Waals surface area (Å²) in [7, 11) is 1.53. The van der Waals surface area contributed by atoms with E-state index in [4.69, 9.17) is 33.3 Å². The molecule has 0 atom stereocenters. The molecule has 0 spiro atoms. The molecule has 0 saturated carbocycles. The molecule has 0 saturated heterocycles. The van der Waals surface area contributed by atoms with Gasteiger partial charge in [0.25, 0.3) is 0 Å². The minimum atomic E-state index is -0.414. The van der Waals surface area contributed by atoms with Gasteiger partial charge in [0.1, 0.15) is 12.4 Å². The smallest absolute Gasteiger partial charge is 0.186 e. The Kier molecular flexibility index (Phi) is 7.62. The molecule has 0 bridgehead atoms. The quantitative estimate of drug-likeness (QED) is 0.423. The van der Waals surface area contributed by atoms with Crippen molar-refractivity contribution in [2.75, 3.05) is 13.7 Å². The summed E-state index contributed by atoms with van der Waals surface area (Å²) in [6, 6.07) is 9.77. The summed E-state index contributed by atoms with van der Waals surface area (Å²) in [5.74, 6) is 0.554. The molecule has 0 radical (unpaired) electrons. The first-order valence-electron chi connectivity index (χ1n) is 7.85. The third-order valence-electron chi connectivity index (χ3n) is 3.34. The van der Waals surface area contributed by atoms with E-state index < -0.39 is 5.82 Å². The molecule has 138 valence electrons. The first kappa shape index (κ1) is 19.9. The van der Waals surface area contributed by atoms with Crippen LogP contribution in [0.2, 0.25) is 5.02 Å². The highest BCUT2D eigenvalue weighted by atomic mass is 35.5. The van der Waals surface area contributed by atoms with Crippen LogP contribution in [0.4, 0.5) is 4.39 Å². The molecule has 0 aliphatic carbocycles. The van der Waals surface area contributed by atoms with Crippen LogP contribution in [-0.2, 0) is 6.61 Å². The molecule has 2 aromatic carbocycles. The number of ether oxygens (including phenoxy) is 2. The summed E-state index contributed by atoms with van der Waals surface area (Å²) in [6.07, 6.45) is 1.60. The molecule has 0 aliphatic heterocycles. The molecule has 0 aromatic heterocycles. The average molecular weight is 396 g/mol. The number of hydrogen-bond donors (Lipinski definition) is 2. The van der Waals surface area contributed by atoms with Crippen LogP contribution < -0.4 is 20.2 Å². The summed E-state index contributed by atoms with van der Waals surface area (Å²) in [6.45, 7) is 2.65. The van der Waals surface area contributed by atoms with Crippen molar-refractivity contribution in [3.63, 3.8) is 0 Å². The fraction of sp³-hybridized carbons (Fsp3) is 0.222. The molecule has 5 nitrogen and oxygen atoms in total. The maximum Gasteiger partial charge on any atom is 0.186 e. The monoisotopic (exact) mass is 395 g/mol. The standard InChI is InChI=1S/C18H19ClFN3O2S/c1-3-21-18(26)23-22-10-12-7-8-16(17(9-12)24-2)25-11-13-14(19)5-4-6-15(13)20/h4-10H,3,11H2,1-2H3,(H2,21,23,26)/b22-10+. The molecular formula is C18H19ClFN3O2S. The van der Waals surface area contributed by atoms with E-state index in [2.05, 4.69) is 15.8 Å². The van der Waals surface area contributed by atoms with Crippen molar-refractivity contribution in [3.8, 4) is 11.5 Å². The molecule has 0 aliphatic rings. The molecule has 2 N–H and O–H groups in total. The normalized spacial score (nSPS) is 10.6. The van der Waals surface area contributed by atoms with Crippen molar-refractivity contribution < 1.29 is 13.9 Å². The van der Waals surface area contributed by atoms with Crippen LogP contribution in [0.15, 0.2) is 41.5 Å². The zero-order valence-electron chi connectivity index (χ0n) is 14.4. The van der Waals surface area contributed by atoms with Crippen LogP contribution in [0.25, 0.3) is 0 Å². The number of benzene rings is 2. The Hall–Kier alpha value is -2.38. The number of nitrogens with one attached hydrogen (secondary N) is 2. The number of rotatable bonds is 7. The van der Waals surface area contributed by atoms with Gasteiger partial charge in [-0.05, 0) is 55.0 Å². The van der Waals surface area contributed by atoms with Crippen LogP contribution in [0.3, 0.4) is 0 Å². The van der Waals surface area contributed by atoms with E-state index >= 15 is 0 Å². The van der Waals surface area contributed by atoms with Crippen molar-refractivity contribution in [2.45, 2.75) is 13.5 Å². The van der Waals surface area contributed by atoms with Gasteiger partial charge in [0, 0.05) is 12.1 Å². The Balaban J connectivity index is 2.06. The van der Waals surface area contributed by atoms with E-state index in [0.717, 1.165) is 5.56 Å².